The van der Waals surface area contributed by atoms with Crippen molar-refractivity contribution in [2.24, 2.45) is 5.92 Å². The highest BCUT2D eigenvalue weighted by atomic mass is 32.1. The first-order valence-electron chi connectivity index (χ1n) is 8.59. The van der Waals surface area contributed by atoms with Crippen molar-refractivity contribution >= 4 is 34.0 Å². The van der Waals surface area contributed by atoms with Crippen molar-refractivity contribution in [1.82, 2.24) is 15.1 Å². The van der Waals surface area contributed by atoms with E-state index in [1.165, 1.54) is 29.0 Å². The van der Waals surface area contributed by atoms with Crippen LogP contribution in [-0.2, 0) is 15.8 Å². The Morgan fingerprint density at radius 3 is 2.64 bits per heavy atom. The number of anilines is 2. The number of carbonyl (C=O) groups is 2. The Morgan fingerprint density at radius 1 is 1.25 bits per heavy atom. The van der Waals surface area contributed by atoms with Crippen molar-refractivity contribution < 1.29 is 22.8 Å². The average Bonchev–Trinajstić information content (AvgIpc) is 3.19. The summed E-state index contributed by atoms with van der Waals surface area (Å²) in [6.45, 7) is 0.720. The van der Waals surface area contributed by atoms with Gasteiger partial charge in [-0.1, -0.05) is 17.4 Å². The van der Waals surface area contributed by atoms with E-state index < -0.39 is 11.7 Å². The molecule has 0 aliphatic carbocycles. The van der Waals surface area contributed by atoms with Crippen LogP contribution >= 0.6 is 11.3 Å². The second kappa shape index (κ2) is 8.55. The third-order valence-corrected chi connectivity index (χ3v) is 5.05. The van der Waals surface area contributed by atoms with Gasteiger partial charge in [-0.05, 0) is 31.0 Å². The SMILES string of the molecule is O=C(Nc1nncs1)C1CCN(C(=O)CNc2cccc(C(F)(F)F)c2)CC1. The van der Waals surface area contributed by atoms with Crippen molar-refractivity contribution in [2.45, 2.75) is 19.0 Å². The summed E-state index contributed by atoms with van der Waals surface area (Å²) in [6, 6.07) is 4.71. The van der Waals surface area contributed by atoms with E-state index in [0.717, 1.165) is 12.1 Å². The number of hydrogen-bond donors (Lipinski definition) is 2. The molecule has 1 fully saturated rings. The number of piperidine rings is 1. The van der Waals surface area contributed by atoms with Crippen LogP contribution in [0.5, 0.6) is 0 Å². The molecule has 0 saturated carbocycles. The molecule has 2 amide bonds. The minimum atomic E-state index is -4.43. The first kappa shape index (κ1) is 20.1. The standard InChI is InChI=1S/C17H18F3N5O2S/c18-17(19,20)12-2-1-3-13(8-12)21-9-14(26)25-6-4-11(5-7-25)15(27)23-16-24-22-10-28-16/h1-3,8,10-11,21H,4-7,9H2,(H,23,24,27). The van der Waals surface area contributed by atoms with Crippen molar-refractivity contribution in [3.63, 3.8) is 0 Å². The predicted octanol–water partition coefficient (Wildman–Crippen LogP) is 2.85. The van der Waals surface area contributed by atoms with Gasteiger partial charge in [0, 0.05) is 24.7 Å². The number of amides is 2. The van der Waals surface area contributed by atoms with Crippen LogP contribution in [0.15, 0.2) is 29.8 Å². The maximum Gasteiger partial charge on any atom is 0.416 e. The lowest BCUT2D eigenvalue weighted by Crippen LogP contribution is -2.43. The average molecular weight is 413 g/mol. The van der Waals surface area contributed by atoms with E-state index in [9.17, 15) is 22.8 Å². The van der Waals surface area contributed by atoms with Crippen molar-refractivity contribution in [3.8, 4) is 0 Å². The Bertz CT molecular complexity index is 820. The van der Waals surface area contributed by atoms with E-state index in [0.29, 0.717) is 31.1 Å². The number of nitrogens with zero attached hydrogens (tertiary/aromatic N) is 3. The number of aromatic nitrogens is 2. The van der Waals surface area contributed by atoms with Gasteiger partial charge in [0.1, 0.15) is 5.51 Å². The quantitative estimate of drug-likeness (QED) is 0.787. The van der Waals surface area contributed by atoms with Crippen LogP contribution in [0.1, 0.15) is 18.4 Å². The van der Waals surface area contributed by atoms with Gasteiger partial charge in [0.05, 0.1) is 12.1 Å². The number of nitrogens with one attached hydrogen (secondary N) is 2. The number of benzene rings is 1. The summed E-state index contributed by atoms with van der Waals surface area (Å²) in [5, 5.41) is 13.3. The van der Waals surface area contributed by atoms with E-state index in [1.807, 2.05) is 0 Å². The second-order valence-corrected chi connectivity index (χ2v) is 7.15. The molecule has 1 saturated heterocycles. The molecule has 0 spiro atoms. The van der Waals surface area contributed by atoms with E-state index in [-0.39, 0.29) is 30.0 Å². The normalized spacial score (nSPS) is 15.3. The van der Waals surface area contributed by atoms with E-state index in [2.05, 4.69) is 20.8 Å². The minimum Gasteiger partial charge on any atom is -0.376 e. The third kappa shape index (κ3) is 5.18. The number of hydrogen-bond acceptors (Lipinski definition) is 6. The summed E-state index contributed by atoms with van der Waals surface area (Å²) in [5.41, 5.74) is 0.982. The molecule has 2 N–H and O–H groups in total. The lowest BCUT2D eigenvalue weighted by Gasteiger charge is -2.31. The fourth-order valence-corrected chi connectivity index (χ4v) is 3.37. The van der Waals surface area contributed by atoms with Crippen LogP contribution in [0, 0.1) is 5.92 Å². The molecule has 28 heavy (non-hydrogen) atoms. The van der Waals surface area contributed by atoms with Gasteiger partial charge in [-0.15, -0.1) is 10.2 Å². The number of halogens is 3. The molecule has 0 radical (unpaired) electrons. The summed E-state index contributed by atoms with van der Waals surface area (Å²) in [6.07, 6.45) is -3.40. The zero-order valence-corrected chi connectivity index (χ0v) is 15.5. The number of carbonyl (C=O) groups excluding carboxylic acids is 2. The van der Waals surface area contributed by atoms with Crippen molar-refractivity contribution in [2.75, 3.05) is 30.3 Å². The van der Waals surface area contributed by atoms with Gasteiger partial charge >= 0.3 is 6.18 Å². The van der Waals surface area contributed by atoms with E-state index >= 15 is 0 Å². The Hall–Kier alpha value is -2.69. The molecule has 0 atom stereocenters. The van der Waals surface area contributed by atoms with Gasteiger partial charge in [-0.3, -0.25) is 9.59 Å². The molecular weight excluding hydrogens is 395 g/mol. The maximum atomic E-state index is 12.7. The largest absolute Gasteiger partial charge is 0.416 e. The lowest BCUT2D eigenvalue weighted by atomic mass is 9.96. The van der Waals surface area contributed by atoms with Crippen LogP contribution in [0.3, 0.4) is 0 Å². The van der Waals surface area contributed by atoms with Gasteiger partial charge < -0.3 is 15.5 Å². The van der Waals surface area contributed by atoms with Crippen molar-refractivity contribution in [1.29, 1.82) is 0 Å². The third-order valence-electron chi connectivity index (χ3n) is 4.44. The summed E-state index contributed by atoms with van der Waals surface area (Å²) in [5.74, 6) is -0.587. The lowest BCUT2D eigenvalue weighted by molar-refractivity contribution is -0.137. The molecule has 7 nitrogen and oxygen atoms in total. The van der Waals surface area contributed by atoms with Crippen molar-refractivity contribution in [3.05, 3.63) is 35.3 Å². The van der Waals surface area contributed by atoms with E-state index in [1.54, 1.807) is 4.90 Å². The molecule has 2 heterocycles. The Labute approximate surface area is 162 Å². The van der Waals surface area contributed by atoms with Gasteiger partial charge in [-0.2, -0.15) is 13.2 Å². The zero-order valence-electron chi connectivity index (χ0n) is 14.7. The molecule has 11 heteroatoms. The monoisotopic (exact) mass is 413 g/mol. The summed E-state index contributed by atoms with van der Waals surface area (Å²) >= 11 is 1.23. The molecule has 3 rings (SSSR count). The molecule has 1 aromatic heterocycles. The molecule has 1 aliphatic rings. The molecule has 0 unspecified atom stereocenters. The van der Waals surface area contributed by atoms with Gasteiger partial charge in [-0.25, -0.2) is 0 Å². The number of likely N-dealkylation sites (tertiary alicyclic amines) is 1. The fourth-order valence-electron chi connectivity index (χ4n) is 2.92. The Morgan fingerprint density at radius 2 is 2.00 bits per heavy atom. The summed E-state index contributed by atoms with van der Waals surface area (Å²) < 4.78 is 38.2. The van der Waals surface area contributed by atoms with Crippen LogP contribution in [-0.4, -0.2) is 46.5 Å². The Kier molecular flexibility index (Phi) is 6.12. The molecule has 1 aliphatic heterocycles. The molecule has 2 aromatic rings. The maximum absolute atomic E-state index is 12.7. The molecule has 150 valence electrons. The van der Waals surface area contributed by atoms with Gasteiger partial charge in [0.2, 0.25) is 16.9 Å². The van der Waals surface area contributed by atoms with E-state index in [4.69, 9.17) is 0 Å². The smallest absolute Gasteiger partial charge is 0.376 e. The molecular formula is C17H18F3N5O2S. The molecule has 0 bridgehead atoms. The highest BCUT2D eigenvalue weighted by Gasteiger charge is 2.31. The second-order valence-electron chi connectivity index (χ2n) is 6.32. The molecule has 1 aromatic carbocycles. The highest BCUT2D eigenvalue weighted by molar-refractivity contribution is 7.13. The zero-order chi connectivity index (χ0) is 20.1. The first-order valence-corrected chi connectivity index (χ1v) is 9.47. The predicted molar refractivity (Wildman–Crippen MR) is 97.8 cm³/mol. The first-order chi connectivity index (χ1) is 13.3. The topological polar surface area (TPSA) is 87.2 Å². The Balaban J connectivity index is 1.46. The van der Waals surface area contributed by atoms with Crippen LogP contribution < -0.4 is 10.6 Å². The van der Waals surface area contributed by atoms with Gasteiger partial charge in [0.15, 0.2) is 0 Å². The van der Waals surface area contributed by atoms with Gasteiger partial charge in [0.25, 0.3) is 0 Å². The fraction of sp³-hybridized carbons (Fsp3) is 0.412. The highest BCUT2D eigenvalue weighted by Crippen LogP contribution is 2.30. The van der Waals surface area contributed by atoms with Crippen LogP contribution in [0.4, 0.5) is 24.0 Å². The van der Waals surface area contributed by atoms with Crippen LogP contribution in [0.25, 0.3) is 0 Å². The number of alkyl halides is 3. The van der Waals surface area contributed by atoms with Crippen LogP contribution in [0.2, 0.25) is 0 Å². The summed E-state index contributed by atoms with van der Waals surface area (Å²) in [7, 11) is 0. The summed E-state index contributed by atoms with van der Waals surface area (Å²) in [4.78, 5) is 26.1. The number of rotatable bonds is 5. The minimum absolute atomic E-state index is 0.108.